The Bertz CT molecular complexity index is 869. The lowest BCUT2D eigenvalue weighted by Gasteiger charge is -2.29. The van der Waals surface area contributed by atoms with Crippen LogP contribution in [0.25, 0.3) is 0 Å². The van der Waals surface area contributed by atoms with Crippen molar-refractivity contribution in [2.24, 2.45) is 0 Å². The lowest BCUT2D eigenvalue weighted by Crippen LogP contribution is -2.44. The Labute approximate surface area is 151 Å². The van der Waals surface area contributed by atoms with Crippen molar-refractivity contribution in [3.63, 3.8) is 0 Å². The van der Waals surface area contributed by atoms with Crippen LogP contribution in [0.4, 0.5) is 5.69 Å². The smallest absolute Gasteiger partial charge is 0.244 e. The summed E-state index contributed by atoms with van der Waals surface area (Å²) in [5, 5.41) is 0. The number of rotatable bonds is 2. The van der Waals surface area contributed by atoms with Crippen molar-refractivity contribution < 1.29 is 19.0 Å². The van der Waals surface area contributed by atoms with Gasteiger partial charge in [-0.3, -0.25) is 9.69 Å². The molecule has 3 aliphatic heterocycles. The van der Waals surface area contributed by atoms with Crippen LogP contribution in [-0.4, -0.2) is 43.3 Å². The summed E-state index contributed by atoms with van der Waals surface area (Å²) in [6, 6.07) is 13.5. The van der Waals surface area contributed by atoms with E-state index in [2.05, 4.69) is 4.90 Å². The molecule has 0 N–H and O–H groups in total. The quantitative estimate of drug-likeness (QED) is 0.831. The van der Waals surface area contributed by atoms with Gasteiger partial charge in [0.25, 0.3) is 0 Å². The Morgan fingerprint density at radius 1 is 1.08 bits per heavy atom. The lowest BCUT2D eigenvalue weighted by molar-refractivity contribution is -0.122. The first kappa shape index (κ1) is 15.5. The van der Waals surface area contributed by atoms with Crippen LogP contribution >= 0.6 is 0 Å². The van der Waals surface area contributed by atoms with Crippen LogP contribution in [0.15, 0.2) is 42.5 Å². The van der Waals surface area contributed by atoms with Crippen LogP contribution in [0.2, 0.25) is 0 Å². The fourth-order valence-electron chi connectivity index (χ4n) is 4.01. The largest absolute Gasteiger partial charge is 0.487 e. The molecule has 6 nitrogen and oxygen atoms in total. The van der Waals surface area contributed by atoms with Crippen LogP contribution in [0.1, 0.15) is 12.0 Å². The van der Waals surface area contributed by atoms with E-state index in [9.17, 15) is 4.79 Å². The average molecular weight is 352 g/mol. The first-order valence-corrected chi connectivity index (χ1v) is 8.85. The monoisotopic (exact) mass is 352 g/mol. The third kappa shape index (κ3) is 2.49. The highest BCUT2D eigenvalue weighted by atomic mass is 16.7. The number of carbonyl (C=O) groups excluding carboxylic acids is 1. The van der Waals surface area contributed by atoms with Crippen molar-refractivity contribution in [1.82, 2.24) is 4.90 Å². The molecule has 134 valence electrons. The molecule has 26 heavy (non-hydrogen) atoms. The summed E-state index contributed by atoms with van der Waals surface area (Å²) in [4.78, 5) is 17.0. The highest BCUT2D eigenvalue weighted by Crippen LogP contribution is 2.37. The predicted molar refractivity (Wildman–Crippen MR) is 95.6 cm³/mol. The predicted octanol–water partition coefficient (Wildman–Crippen LogP) is 2.41. The summed E-state index contributed by atoms with van der Waals surface area (Å²) >= 11 is 0. The van der Waals surface area contributed by atoms with Crippen LogP contribution in [-0.2, 0) is 11.3 Å². The highest BCUT2D eigenvalue weighted by molar-refractivity contribution is 5.98. The van der Waals surface area contributed by atoms with Gasteiger partial charge >= 0.3 is 0 Å². The second-order valence-corrected chi connectivity index (χ2v) is 6.97. The van der Waals surface area contributed by atoms with E-state index in [4.69, 9.17) is 14.2 Å². The number of anilines is 1. The zero-order valence-corrected chi connectivity index (χ0v) is 14.6. The molecule has 6 heteroatoms. The molecule has 1 saturated heterocycles. The van der Waals surface area contributed by atoms with Gasteiger partial charge in [-0.1, -0.05) is 18.2 Å². The molecule has 0 unspecified atom stereocenters. The summed E-state index contributed by atoms with van der Waals surface area (Å²) in [7, 11) is 1.82. The third-order valence-electron chi connectivity index (χ3n) is 5.32. The zero-order chi connectivity index (χ0) is 17.7. The first-order valence-electron chi connectivity index (χ1n) is 8.85. The second-order valence-electron chi connectivity index (χ2n) is 6.97. The number of para-hydroxylation sites is 2. The van der Waals surface area contributed by atoms with Gasteiger partial charge in [-0.05, 0) is 29.8 Å². The molecule has 0 aliphatic carbocycles. The van der Waals surface area contributed by atoms with Crippen LogP contribution in [0.3, 0.4) is 0 Å². The summed E-state index contributed by atoms with van der Waals surface area (Å²) in [5.41, 5.74) is 1.93. The standard InChI is InChI=1S/C20H20N2O4/c1-21-15-4-2-3-5-17(15)26-14-9-16(20(21)23)22(11-14)10-13-6-7-18-19(8-13)25-12-24-18/h2-8,14,16H,9-12H2,1H3/t14-,16-/m0/s1. The zero-order valence-electron chi connectivity index (χ0n) is 14.6. The minimum absolute atomic E-state index is 0.0211. The van der Waals surface area contributed by atoms with E-state index < -0.39 is 0 Å². The molecule has 0 saturated carbocycles. The summed E-state index contributed by atoms with van der Waals surface area (Å²) in [5.74, 6) is 2.43. The number of benzene rings is 2. The van der Waals surface area contributed by atoms with Gasteiger partial charge in [0, 0.05) is 26.6 Å². The molecule has 0 aromatic heterocycles. The van der Waals surface area contributed by atoms with Crippen molar-refractivity contribution in [3.05, 3.63) is 48.0 Å². The molecule has 2 aromatic rings. The maximum Gasteiger partial charge on any atom is 0.244 e. The van der Waals surface area contributed by atoms with Crippen molar-refractivity contribution in [2.45, 2.75) is 25.1 Å². The molecular weight excluding hydrogens is 332 g/mol. The molecule has 2 aromatic carbocycles. The Kier molecular flexibility index (Phi) is 3.53. The topological polar surface area (TPSA) is 51.2 Å². The van der Waals surface area contributed by atoms with Gasteiger partial charge in [0.05, 0.1) is 11.7 Å². The molecule has 0 spiro atoms. The number of fused-ring (bicyclic) bond motifs is 4. The number of hydrogen-bond acceptors (Lipinski definition) is 5. The van der Waals surface area contributed by atoms with Crippen LogP contribution < -0.4 is 19.1 Å². The average Bonchev–Trinajstić information content (AvgIpc) is 3.27. The fraction of sp³-hybridized carbons (Fsp3) is 0.350. The third-order valence-corrected chi connectivity index (χ3v) is 5.32. The SMILES string of the molecule is CN1C(=O)[C@@H]2C[C@@H](CN2Cc2ccc3c(c2)OCO3)Oc2ccccc21. The Morgan fingerprint density at radius 2 is 1.92 bits per heavy atom. The summed E-state index contributed by atoms with van der Waals surface area (Å²) in [6.45, 7) is 1.67. The number of amides is 1. The Morgan fingerprint density at radius 3 is 2.85 bits per heavy atom. The van der Waals surface area contributed by atoms with E-state index in [1.807, 2.05) is 49.5 Å². The maximum atomic E-state index is 13.1. The number of hydrogen-bond donors (Lipinski definition) is 0. The van der Waals surface area contributed by atoms with Gasteiger partial charge in [0.15, 0.2) is 11.5 Å². The lowest BCUT2D eigenvalue weighted by atomic mass is 10.1. The van der Waals surface area contributed by atoms with Crippen molar-refractivity contribution in [2.75, 3.05) is 25.3 Å². The van der Waals surface area contributed by atoms with Gasteiger partial charge in [-0.15, -0.1) is 0 Å². The van der Waals surface area contributed by atoms with E-state index in [1.165, 1.54) is 0 Å². The minimum Gasteiger partial charge on any atom is -0.487 e. The van der Waals surface area contributed by atoms with Gasteiger partial charge in [-0.2, -0.15) is 0 Å². The number of likely N-dealkylation sites (tertiary alicyclic amines) is 1. The van der Waals surface area contributed by atoms with Crippen molar-refractivity contribution in [3.8, 4) is 17.2 Å². The molecule has 0 radical (unpaired) electrons. The fourth-order valence-corrected chi connectivity index (χ4v) is 4.01. The Hall–Kier alpha value is -2.73. The van der Waals surface area contributed by atoms with Gasteiger partial charge < -0.3 is 19.1 Å². The number of ether oxygens (including phenoxy) is 3. The molecule has 2 atom stereocenters. The van der Waals surface area contributed by atoms with Gasteiger partial charge in [0.1, 0.15) is 11.9 Å². The second kappa shape index (κ2) is 5.92. The van der Waals surface area contributed by atoms with Crippen molar-refractivity contribution >= 4 is 11.6 Å². The number of carbonyl (C=O) groups is 1. The molecule has 3 aliphatic rings. The first-order chi connectivity index (χ1) is 12.7. The molecule has 1 fully saturated rings. The Balaban J connectivity index is 1.42. The number of likely N-dealkylation sites (N-methyl/N-ethyl adjacent to an activating group) is 1. The summed E-state index contributed by atoms with van der Waals surface area (Å²) < 4.78 is 17.1. The normalized spacial score (nSPS) is 24.0. The molecule has 3 heterocycles. The van der Waals surface area contributed by atoms with Gasteiger partial charge in [-0.25, -0.2) is 0 Å². The van der Waals surface area contributed by atoms with E-state index in [-0.39, 0.29) is 24.8 Å². The number of nitrogens with zero attached hydrogens (tertiary/aromatic N) is 2. The maximum absolute atomic E-state index is 13.1. The van der Waals surface area contributed by atoms with Crippen molar-refractivity contribution in [1.29, 1.82) is 0 Å². The molecule has 1 amide bonds. The summed E-state index contributed by atoms with van der Waals surface area (Å²) in [6.07, 6.45) is 0.731. The van der Waals surface area contributed by atoms with E-state index in [1.54, 1.807) is 4.90 Å². The van der Waals surface area contributed by atoms with Crippen LogP contribution in [0, 0.1) is 0 Å². The minimum atomic E-state index is -0.177. The molecule has 2 bridgehead atoms. The van der Waals surface area contributed by atoms with Crippen LogP contribution in [0.5, 0.6) is 17.2 Å². The van der Waals surface area contributed by atoms with E-state index >= 15 is 0 Å². The van der Waals surface area contributed by atoms with E-state index in [0.29, 0.717) is 13.0 Å². The highest BCUT2D eigenvalue weighted by Gasteiger charge is 2.41. The molecule has 5 rings (SSSR count). The molecular formula is C20H20N2O4. The van der Waals surface area contributed by atoms with E-state index in [0.717, 1.165) is 35.0 Å². The van der Waals surface area contributed by atoms with Gasteiger partial charge in [0.2, 0.25) is 12.7 Å².